The van der Waals surface area contributed by atoms with Gasteiger partial charge in [0.25, 0.3) is 10.9 Å². The quantitative estimate of drug-likeness (QED) is 0.146. The number of hydrogen-bond acceptors (Lipinski definition) is 7. The number of rotatable bonds is 18. The molecule has 3 aromatic carbocycles. The molecular formula is C30H41N3O4. The lowest BCUT2D eigenvalue weighted by Crippen LogP contribution is -2.37. The molecule has 0 aliphatic carbocycles. The molecule has 0 radical (unpaired) electrons. The Bertz CT molecular complexity index is 1120. The third-order valence-corrected chi connectivity index (χ3v) is 6.40. The average molecular weight is 508 g/mol. The van der Waals surface area contributed by atoms with Crippen LogP contribution in [0.4, 0.5) is 17.1 Å². The van der Waals surface area contributed by atoms with Crippen LogP contribution in [0.5, 0.6) is 5.75 Å². The van der Waals surface area contributed by atoms with Gasteiger partial charge in [0.15, 0.2) is 0 Å². The van der Waals surface area contributed by atoms with Crippen LogP contribution in [0.25, 0.3) is 0 Å². The largest absolute Gasteiger partial charge is 0.491 e. The smallest absolute Gasteiger partial charge is 0.253 e. The average Bonchev–Trinajstić information content (AvgIpc) is 2.92. The molecule has 0 heterocycles. The van der Waals surface area contributed by atoms with Gasteiger partial charge in [-0.15, -0.1) is 0 Å². The van der Waals surface area contributed by atoms with E-state index in [-0.39, 0.29) is 12.6 Å². The molecule has 37 heavy (non-hydrogen) atoms. The number of unbranched alkanes of at least 4 members (excludes halogenated alkanes) is 5. The molecule has 0 aromatic heterocycles. The fourth-order valence-corrected chi connectivity index (χ4v) is 4.20. The summed E-state index contributed by atoms with van der Waals surface area (Å²) >= 11 is 0. The fourth-order valence-electron chi connectivity index (χ4n) is 4.20. The number of hydrogen-bond donors (Lipinski definition) is 4. The molecule has 0 amide bonds. The van der Waals surface area contributed by atoms with Crippen molar-refractivity contribution in [3.8, 4) is 5.75 Å². The second-order valence-electron chi connectivity index (χ2n) is 9.72. The lowest BCUT2D eigenvalue weighted by atomic mass is 10.1. The summed E-state index contributed by atoms with van der Waals surface area (Å²) in [4.78, 5) is 24.1. The second kappa shape index (κ2) is 15.2. The minimum absolute atomic E-state index is 0.163. The number of aliphatic hydroxyl groups excluding tert-OH is 1. The molecule has 2 unspecified atom stereocenters. The molecule has 0 spiro atoms. The van der Waals surface area contributed by atoms with Crippen molar-refractivity contribution in [1.82, 2.24) is 5.32 Å². The summed E-state index contributed by atoms with van der Waals surface area (Å²) in [6.07, 6.45) is 7.24. The van der Waals surface area contributed by atoms with Crippen LogP contribution in [-0.4, -0.2) is 36.9 Å². The Hall–Kier alpha value is -3.16. The zero-order chi connectivity index (χ0) is 26.5. The number of ether oxygens (including phenoxy) is 1. The standard InChI is InChI=1S/C30H41N3O4/c1-3-4-5-6-7-11-18-31-27-28(30(36)29(27)35)33-24-16-14-23(15-17-24)19-22(2)32-20-25(34)21-37-26-12-9-8-10-13-26/h8-10,12-17,22,25,31-34H,3-7,11,18-21H2,1-2H3. The first-order valence-corrected chi connectivity index (χ1v) is 13.5. The summed E-state index contributed by atoms with van der Waals surface area (Å²) in [5, 5.41) is 19.8. The van der Waals surface area contributed by atoms with E-state index < -0.39 is 17.0 Å². The Morgan fingerprint density at radius 2 is 1.54 bits per heavy atom. The van der Waals surface area contributed by atoms with Crippen molar-refractivity contribution < 1.29 is 9.84 Å². The maximum atomic E-state index is 12.1. The summed E-state index contributed by atoms with van der Waals surface area (Å²) in [5.74, 6) is 0.743. The van der Waals surface area contributed by atoms with E-state index in [1.54, 1.807) is 0 Å². The Balaban J connectivity index is 1.39. The Morgan fingerprint density at radius 3 is 2.27 bits per heavy atom. The molecule has 7 nitrogen and oxygen atoms in total. The molecular weight excluding hydrogens is 466 g/mol. The monoisotopic (exact) mass is 507 g/mol. The van der Waals surface area contributed by atoms with Crippen LogP contribution >= 0.6 is 0 Å². The molecule has 200 valence electrons. The van der Waals surface area contributed by atoms with Crippen LogP contribution in [0.2, 0.25) is 0 Å². The van der Waals surface area contributed by atoms with E-state index in [2.05, 4.69) is 29.8 Å². The van der Waals surface area contributed by atoms with Gasteiger partial charge in [-0.1, -0.05) is 69.4 Å². The van der Waals surface area contributed by atoms with Crippen molar-refractivity contribution in [2.24, 2.45) is 0 Å². The number of anilines is 3. The fraction of sp³-hybridized carbons (Fsp3) is 0.467. The molecule has 0 aliphatic rings. The molecule has 0 saturated heterocycles. The lowest BCUT2D eigenvalue weighted by molar-refractivity contribution is 0.104. The highest BCUT2D eigenvalue weighted by atomic mass is 16.5. The number of benzene rings is 2. The van der Waals surface area contributed by atoms with Gasteiger partial charge in [0, 0.05) is 24.8 Å². The summed E-state index contributed by atoms with van der Waals surface area (Å²) in [6.45, 7) is 5.64. The summed E-state index contributed by atoms with van der Waals surface area (Å²) in [5.41, 5.74) is 1.74. The molecule has 0 aliphatic heterocycles. The number of aliphatic hydroxyl groups is 1. The predicted octanol–water partition coefficient (Wildman–Crippen LogP) is 4.76. The van der Waals surface area contributed by atoms with E-state index in [4.69, 9.17) is 4.74 Å². The molecule has 4 N–H and O–H groups in total. The highest BCUT2D eigenvalue weighted by Crippen LogP contribution is 2.21. The van der Waals surface area contributed by atoms with Crippen LogP contribution in [0, 0.1) is 0 Å². The van der Waals surface area contributed by atoms with E-state index >= 15 is 0 Å². The highest BCUT2D eigenvalue weighted by molar-refractivity contribution is 5.78. The van der Waals surface area contributed by atoms with Crippen LogP contribution in [0.15, 0.2) is 64.2 Å². The van der Waals surface area contributed by atoms with Crippen LogP contribution < -0.4 is 31.5 Å². The molecule has 2 atom stereocenters. The summed E-state index contributed by atoms with van der Waals surface area (Å²) < 4.78 is 5.59. The normalized spacial score (nSPS) is 12.8. The third kappa shape index (κ3) is 9.34. The van der Waals surface area contributed by atoms with Gasteiger partial charge >= 0.3 is 0 Å². The van der Waals surface area contributed by atoms with Crippen molar-refractivity contribution in [3.05, 3.63) is 80.6 Å². The maximum Gasteiger partial charge on any atom is 0.253 e. The van der Waals surface area contributed by atoms with E-state index in [0.717, 1.165) is 36.3 Å². The molecule has 0 fully saturated rings. The Kier molecular flexibility index (Phi) is 11.7. The summed E-state index contributed by atoms with van der Waals surface area (Å²) in [7, 11) is 0. The zero-order valence-corrected chi connectivity index (χ0v) is 22.1. The van der Waals surface area contributed by atoms with E-state index in [0.29, 0.717) is 24.5 Å². The Labute approximate surface area is 220 Å². The first-order chi connectivity index (χ1) is 18.0. The summed E-state index contributed by atoms with van der Waals surface area (Å²) in [6, 6.07) is 17.5. The Morgan fingerprint density at radius 1 is 0.865 bits per heavy atom. The molecule has 7 heteroatoms. The molecule has 0 bridgehead atoms. The number of nitrogens with one attached hydrogen (secondary N) is 3. The number of para-hydroxylation sites is 1. The van der Waals surface area contributed by atoms with E-state index in [1.165, 1.54) is 25.7 Å². The topological polar surface area (TPSA) is 99.7 Å². The maximum absolute atomic E-state index is 12.1. The van der Waals surface area contributed by atoms with Gasteiger partial charge in [0.05, 0.1) is 0 Å². The van der Waals surface area contributed by atoms with E-state index in [1.807, 2.05) is 54.6 Å². The van der Waals surface area contributed by atoms with Crippen molar-refractivity contribution in [1.29, 1.82) is 0 Å². The highest BCUT2D eigenvalue weighted by Gasteiger charge is 2.20. The van der Waals surface area contributed by atoms with Crippen LogP contribution in [-0.2, 0) is 6.42 Å². The van der Waals surface area contributed by atoms with Crippen LogP contribution in [0.3, 0.4) is 0 Å². The van der Waals surface area contributed by atoms with Crippen molar-refractivity contribution in [2.45, 2.75) is 70.9 Å². The predicted molar refractivity (Wildman–Crippen MR) is 152 cm³/mol. The molecule has 3 aromatic rings. The van der Waals surface area contributed by atoms with Crippen molar-refractivity contribution in [2.75, 3.05) is 30.3 Å². The minimum Gasteiger partial charge on any atom is -0.491 e. The minimum atomic E-state index is -0.603. The SMILES string of the molecule is CCCCCCCCNc1c(Nc2ccc(CC(C)NCC(O)COc3ccccc3)cc2)c(=O)c1=O. The van der Waals surface area contributed by atoms with Crippen LogP contribution in [0.1, 0.15) is 57.9 Å². The molecule has 3 rings (SSSR count). The lowest BCUT2D eigenvalue weighted by Gasteiger charge is -2.18. The first-order valence-electron chi connectivity index (χ1n) is 13.5. The van der Waals surface area contributed by atoms with Gasteiger partial charge in [0.2, 0.25) is 0 Å². The van der Waals surface area contributed by atoms with E-state index in [9.17, 15) is 14.7 Å². The molecule has 0 saturated carbocycles. The van der Waals surface area contributed by atoms with Gasteiger partial charge in [0.1, 0.15) is 29.8 Å². The third-order valence-electron chi connectivity index (χ3n) is 6.40. The van der Waals surface area contributed by atoms with Gasteiger partial charge in [-0.2, -0.15) is 0 Å². The zero-order valence-electron chi connectivity index (χ0n) is 22.1. The first kappa shape index (κ1) is 28.4. The van der Waals surface area contributed by atoms with Gasteiger partial charge in [-0.25, -0.2) is 0 Å². The second-order valence-corrected chi connectivity index (χ2v) is 9.72. The van der Waals surface area contributed by atoms with Gasteiger partial charge < -0.3 is 25.8 Å². The van der Waals surface area contributed by atoms with Crippen molar-refractivity contribution in [3.63, 3.8) is 0 Å². The van der Waals surface area contributed by atoms with Crippen molar-refractivity contribution >= 4 is 17.1 Å². The van der Waals surface area contributed by atoms with Gasteiger partial charge in [-0.05, 0) is 49.6 Å². The van der Waals surface area contributed by atoms with Gasteiger partial charge in [-0.3, -0.25) is 9.59 Å².